The summed E-state index contributed by atoms with van der Waals surface area (Å²) in [5, 5.41) is 0. The van der Waals surface area contributed by atoms with Crippen LogP contribution in [0.3, 0.4) is 0 Å². The third-order valence-corrected chi connectivity index (χ3v) is 4.34. The highest BCUT2D eigenvalue weighted by molar-refractivity contribution is 7.52. The van der Waals surface area contributed by atoms with Gasteiger partial charge in [0.15, 0.2) is 11.5 Å². The van der Waals surface area contributed by atoms with Crippen LogP contribution in [0.1, 0.15) is 13.3 Å². The standard InChI is InChI=1S/C11H19N6O4P/c1-2-21-22(18,19)5-3-4-20-7-17-6-14-8-9(12)15-11(13)16-10(8)17/h6H,2-5,7H2,1H3,(H,18,19)(H4,12,13,15,16). The Bertz CT molecular complexity index is 691. The molecule has 0 aliphatic rings. The molecule has 0 saturated heterocycles. The van der Waals surface area contributed by atoms with Crippen LogP contribution in [0.4, 0.5) is 11.8 Å². The first-order valence-electron chi connectivity index (χ1n) is 6.71. The van der Waals surface area contributed by atoms with Crippen LogP contribution < -0.4 is 11.5 Å². The number of fused-ring (bicyclic) bond motifs is 1. The van der Waals surface area contributed by atoms with Gasteiger partial charge in [-0.25, -0.2) is 4.98 Å². The van der Waals surface area contributed by atoms with Gasteiger partial charge in [0.2, 0.25) is 5.95 Å². The number of rotatable bonds is 8. The minimum atomic E-state index is -3.50. The molecule has 122 valence electrons. The fourth-order valence-electron chi connectivity index (χ4n) is 1.87. The zero-order valence-electron chi connectivity index (χ0n) is 12.2. The van der Waals surface area contributed by atoms with Crippen LogP contribution in [-0.4, -0.2) is 43.8 Å². The van der Waals surface area contributed by atoms with Crippen molar-refractivity contribution in [2.75, 3.05) is 30.8 Å². The van der Waals surface area contributed by atoms with Gasteiger partial charge in [-0.15, -0.1) is 0 Å². The summed E-state index contributed by atoms with van der Waals surface area (Å²) in [7, 11) is -3.50. The molecule has 10 nitrogen and oxygen atoms in total. The first kappa shape index (κ1) is 16.6. The number of ether oxygens (including phenoxy) is 1. The van der Waals surface area contributed by atoms with Crippen molar-refractivity contribution >= 4 is 30.5 Å². The summed E-state index contributed by atoms with van der Waals surface area (Å²) in [6, 6.07) is 0. The molecular weight excluding hydrogens is 311 g/mol. The molecule has 0 amide bonds. The molecule has 22 heavy (non-hydrogen) atoms. The van der Waals surface area contributed by atoms with Crippen LogP contribution in [-0.2, 0) is 20.6 Å². The number of imidazole rings is 1. The van der Waals surface area contributed by atoms with E-state index < -0.39 is 7.60 Å². The highest BCUT2D eigenvalue weighted by Crippen LogP contribution is 2.41. The second kappa shape index (κ2) is 7.01. The van der Waals surface area contributed by atoms with Crippen LogP contribution in [0.25, 0.3) is 11.2 Å². The van der Waals surface area contributed by atoms with E-state index in [-0.39, 0.29) is 31.3 Å². The minimum absolute atomic E-state index is 0.0492. The van der Waals surface area contributed by atoms with Gasteiger partial charge >= 0.3 is 7.60 Å². The van der Waals surface area contributed by atoms with E-state index >= 15 is 0 Å². The molecule has 0 aliphatic carbocycles. The van der Waals surface area contributed by atoms with Crippen molar-refractivity contribution in [3.8, 4) is 0 Å². The molecule has 0 aromatic carbocycles. The minimum Gasteiger partial charge on any atom is -0.382 e. The first-order chi connectivity index (χ1) is 10.4. The van der Waals surface area contributed by atoms with E-state index in [4.69, 9.17) is 20.7 Å². The van der Waals surface area contributed by atoms with Gasteiger partial charge in [0, 0.05) is 6.61 Å². The Labute approximate surface area is 127 Å². The van der Waals surface area contributed by atoms with E-state index in [2.05, 4.69) is 15.0 Å². The average Bonchev–Trinajstić information content (AvgIpc) is 2.81. The Morgan fingerprint density at radius 3 is 2.91 bits per heavy atom. The number of hydrogen-bond donors (Lipinski definition) is 3. The van der Waals surface area contributed by atoms with Gasteiger partial charge in [-0.05, 0) is 13.3 Å². The summed E-state index contributed by atoms with van der Waals surface area (Å²) < 4.78 is 23.3. The maximum atomic E-state index is 11.5. The van der Waals surface area contributed by atoms with E-state index in [1.165, 1.54) is 6.33 Å². The second-order valence-corrected chi connectivity index (χ2v) is 6.50. The predicted molar refractivity (Wildman–Crippen MR) is 81.0 cm³/mol. The monoisotopic (exact) mass is 330 g/mol. The van der Waals surface area contributed by atoms with Gasteiger partial charge in [-0.2, -0.15) is 9.97 Å². The molecule has 0 bridgehead atoms. The number of nitrogen functional groups attached to an aromatic ring is 2. The third kappa shape index (κ3) is 4.14. The van der Waals surface area contributed by atoms with Crippen molar-refractivity contribution in [3.63, 3.8) is 0 Å². The molecular formula is C11H19N6O4P. The van der Waals surface area contributed by atoms with Gasteiger partial charge in [0.25, 0.3) is 0 Å². The Morgan fingerprint density at radius 2 is 2.18 bits per heavy atom. The molecule has 2 aromatic rings. The second-order valence-electron chi connectivity index (χ2n) is 4.52. The summed E-state index contributed by atoms with van der Waals surface area (Å²) in [5.41, 5.74) is 12.2. The Hall–Kier alpha value is -1.74. The molecule has 0 saturated carbocycles. The van der Waals surface area contributed by atoms with Crippen molar-refractivity contribution in [3.05, 3.63) is 6.33 Å². The van der Waals surface area contributed by atoms with E-state index in [1.54, 1.807) is 11.5 Å². The van der Waals surface area contributed by atoms with Crippen molar-refractivity contribution in [1.29, 1.82) is 0 Å². The van der Waals surface area contributed by atoms with Crippen LogP contribution >= 0.6 is 7.60 Å². The summed E-state index contributed by atoms with van der Waals surface area (Å²) >= 11 is 0. The van der Waals surface area contributed by atoms with Crippen molar-refractivity contribution in [2.24, 2.45) is 0 Å². The van der Waals surface area contributed by atoms with Gasteiger partial charge in [0.1, 0.15) is 12.2 Å². The maximum Gasteiger partial charge on any atom is 0.328 e. The molecule has 2 heterocycles. The summed E-state index contributed by atoms with van der Waals surface area (Å²) in [6.45, 7) is 2.35. The molecule has 0 radical (unpaired) electrons. The van der Waals surface area contributed by atoms with Crippen LogP contribution in [0.5, 0.6) is 0 Å². The number of nitrogens with zero attached hydrogens (tertiary/aromatic N) is 4. The van der Waals surface area contributed by atoms with Crippen molar-refractivity contribution in [2.45, 2.75) is 20.1 Å². The lowest BCUT2D eigenvalue weighted by molar-refractivity contribution is 0.0791. The van der Waals surface area contributed by atoms with E-state index in [0.717, 1.165) is 0 Å². The lowest BCUT2D eigenvalue weighted by Crippen LogP contribution is -2.07. The molecule has 2 aromatic heterocycles. The largest absolute Gasteiger partial charge is 0.382 e. The average molecular weight is 330 g/mol. The maximum absolute atomic E-state index is 11.5. The lowest BCUT2D eigenvalue weighted by atomic mass is 10.5. The fraction of sp³-hybridized carbons (Fsp3) is 0.545. The van der Waals surface area contributed by atoms with Crippen LogP contribution in [0.2, 0.25) is 0 Å². The van der Waals surface area contributed by atoms with E-state index in [9.17, 15) is 9.46 Å². The van der Waals surface area contributed by atoms with E-state index in [1.807, 2.05) is 0 Å². The van der Waals surface area contributed by atoms with Crippen molar-refractivity contribution in [1.82, 2.24) is 19.5 Å². The first-order valence-corrected chi connectivity index (χ1v) is 8.47. The number of anilines is 2. The molecule has 2 rings (SSSR count). The van der Waals surface area contributed by atoms with Crippen LogP contribution in [0.15, 0.2) is 6.33 Å². The zero-order valence-corrected chi connectivity index (χ0v) is 13.1. The molecule has 11 heteroatoms. The summed E-state index contributed by atoms with van der Waals surface area (Å²) in [6.07, 6.45) is 1.97. The molecule has 5 N–H and O–H groups in total. The van der Waals surface area contributed by atoms with Gasteiger partial charge in [0.05, 0.1) is 19.1 Å². The number of aromatic nitrogens is 4. The predicted octanol–water partition coefficient (Wildman–Crippen LogP) is 0.577. The zero-order chi connectivity index (χ0) is 16.2. The normalized spacial score (nSPS) is 14.3. The quantitative estimate of drug-likeness (QED) is 0.466. The number of hydrogen-bond acceptors (Lipinski definition) is 8. The summed E-state index contributed by atoms with van der Waals surface area (Å²) in [4.78, 5) is 21.4. The molecule has 1 atom stereocenters. The smallest absolute Gasteiger partial charge is 0.328 e. The number of nitrogens with two attached hydrogens (primary N) is 2. The van der Waals surface area contributed by atoms with Gasteiger partial charge in [-0.1, -0.05) is 0 Å². The Balaban J connectivity index is 1.87. The fourth-order valence-corrected chi connectivity index (χ4v) is 2.93. The molecule has 0 fully saturated rings. The van der Waals surface area contributed by atoms with E-state index in [0.29, 0.717) is 24.2 Å². The third-order valence-electron chi connectivity index (χ3n) is 2.80. The Kier molecular flexibility index (Phi) is 5.30. The molecule has 0 aliphatic heterocycles. The summed E-state index contributed by atoms with van der Waals surface area (Å²) in [5.74, 6) is 0.267. The van der Waals surface area contributed by atoms with Gasteiger partial charge in [-0.3, -0.25) is 9.13 Å². The van der Waals surface area contributed by atoms with Crippen LogP contribution in [0, 0.1) is 0 Å². The lowest BCUT2D eigenvalue weighted by Gasteiger charge is -2.10. The highest BCUT2D eigenvalue weighted by atomic mass is 31.2. The molecule has 0 spiro atoms. The SMILES string of the molecule is CCOP(=O)(O)CCCOCn1cnc2c(N)nc(N)nc21. The highest BCUT2D eigenvalue weighted by Gasteiger charge is 2.17. The Morgan fingerprint density at radius 1 is 1.41 bits per heavy atom. The van der Waals surface area contributed by atoms with Gasteiger partial charge < -0.3 is 25.6 Å². The van der Waals surface area contributed by atoms with Crippen molar-refractivity contribution < 1.29 is 18.7 Å². The molecule has 1 unspecified atom stereocenters. The topological polar surface area (TPSA) is 151 Å².